The van der Waals surface area contributed by atoms with Gasteiger partial charge in [-0.25, -0.2) is 0 Å². The predicted octanol–water partition coefficient (Wildman–Crippen LogP) is 2.49. The molecule has 0 radical (unpaired) electrons. The second kappa shape index (κ2) is 7.99. The molecule has 126 valence electrons. The molecular weight excluding hydrogens is 294 g/mol. The molecule has 1 amide bonds. The number of carbonyl (C=O) groups is 2. The molecule has 1 aromatic carbocycles. The predicted molar refractivity (Wildman–Crippen MR) is 87.4 cm³/mol. The van der Waals surface area contributed by atoms with E-state index in [4.69, 9.17) is 9.47 Å². The second-order valence-corrected chi connectivity index (χ2v) is 6.00. The zero-order valence-electron chi connectivity index (χ0n) is 14.1. The summed E-state index contributed by atoms with van der Waals surface area (Å²) in [5.41, 5.74) is 1.98. The van der Waals surface area contributed by atoms with Crippen LogP contribution < -0.4 is 4.74 Å². The van der Waals surface area contributed by atoms with Crippen molar-refractivity contribution in [2.75, 3.05) is 20.8 Å². The van der Waals surface area contributed by atoms with Crippen LogP contribution in [-0.2, 0) is 20.7 Å². The Morgan fingerprint density at radius 1 is 1.26 bits per heavy atom. The summed E-state index contributed by atoms with van der Waals surface area (Å²) in [4.78, 5) is 26.1. The van der Waals surface area contributed by atoms with E-state index in [1.165, 1.54) is 7.11 Å². The summed E-state index contributed by atoms with van der Waals surface area (Å²) in [5.74, 6) is 0.594. The first kappa shape index (κ1) is 17.3. The Morgan fingerprint density at radius 3 is 2.74 bits per heavy atom. The molecule has 0 saturated carbocycles. The molecule has 23 heavy (non-hydrogen) atoms. The number of nitrogens with zero attached hydrogens (tertiary/aromatic N) is 1. The average Bonchev–Trinajstić information content (AvgIpc) is 2.56. The summed E-state index contributed by atoms with van der Waals surface area (Å²) in [6, 6.07) is 5.78. The van der Waals surface area contributed by atoms with Gasteiger partial charge in [-0.05, 0) is 43.4 Å². The van der Waals surface area contributed by atoms with Crippen molar-refractivity contribution in [3.05, 3.63) is 29.3 Å². The lowest BCUT2D eigenvalue weighted by Crippen LogP contribution is -2.45. The van der Waals surface area contributed by atoms with Crippen LogP contribution in [0.25, 0.3) is 0 Å². The first-order valence-electron chi connectivity index (χ1n) is 8.05. The van der Waals surface area contributed by atoms with Gasteiger partial charge in [0.2, 0.25) is 5.91 Å². The fourth-order valence-corrected chi connectivity index (χ4v) is 3.07. The SMILES string of the molecule is COC(=O)CC1CCCCN1C(=O)Cc1ccc(C)c(OC)c1. The molecule has 5 nitrogen and oxygen atoms in total. The van der Waals surface area contributed by atoms with Gasteiger partial charge in [-0.15, -0.1) is 0 Å². The summed E-state index contributed by atoms with van der Waals surface area (Å²) in [6.07, 6.45) is 3.50. The topological polar surface area (TPSA) is 55.8 Å². The second-order valence-electron chi connectivity index (χ2n) is 6.00. The van der Waals surface area contributed by atoms with E-state index in [0.29, 0.717) is 13.0 Å². The molecule has 0 N–H and O–H groups in total. The van der Waals surface area contributed by atoms with Crippen LogP contribution in [0.15, 0.2) is 18.2 Å². The first-order chi connectivity index (χ1) is 11.0. The quantitative estimate of drug-likeness (QED) is 0.783. The molecule has 1 saturated heterocycles. The van der Waals surface area contributed by atoms with Crippen molar-refractivity contribution >= 4 is 11.9 Å². The molecule has 0 spiro atoms. The zero-order valence-corrected chi connectivity index (χ0v) is 14.1. The van der Waals surface area contributed by atoms with Gasteiger partial charge in [-0.2, -0.15) is 0 Å². The van der Waals surface area contributed by atoms with Crippen molar-refractivity contribution in [3.63, 3.8) is 0 Å². The Labute approximate surface area is 137 Å². The van der Waals surface area contributed by atoms with Crippen molar-refractivity contribution < 1.29 is 19.1 Å². The zero-order chi connectivity index (χ0) is 16.8. The van der Waals surface area contributed by atoms with Crippen LogP contribution in [0.5, 0.6) is 5.75 Å². The van der Waals surface area contributed by atoms with Gasteiger partial charge in [0.1, 0.15) is 5.75 Å². The number of hydrogen-bond donors (Lipinski definition) is 0. The lowest BCUT2D eigenvalue weighted by molar-refractivity contribution is -0.144. The van der Waals surface area contributed by atoms with Gasteiger partial charge in [0.05, 0.1) is 27.1 Å². The summed E-state index contributed by atoms with van der Waals surface area (Å²) in [7, 11) is 3.01. The van der Waals surface area contributed by atoms with Gasteiger partial charge in [0, 0.05) is 12.6 Å². The Kier molecular flexibility index (Phi) is 6.02. The fraction of sp³-hybridized carbons (Fsp3) is 0.556. The maximum absolute atomic E-state index is 12.7. The van der Waals surface area contributed by atoms with Crippen molar-refractivity contribution in [1.82, 2.24) is 4.90 Å². The summed E-state index contributed by atoms with van der Waals surface area (Å²) in [6.45, 7) is 2.69. The van der Waals surface area contributed by atoms with E-state index in [-0.39, 0.29) is 24.3 Å². The van der Waals surface area contributed by atoms with Crippen molar-refractivity contribution in [2.24, 2.45) is 0 Å². The van der Waals surface area contributed by atoms with Crippen LogP contribution in [0.3, 0.4) is 0 Å². The smallest absolute Gasteiger partial charge is 0.307 e. The number of hydrogen-bond acceptors (Lipinski definition) is 4. The van der Waals surface area contributed by atoms with E-state index in [1.807, 2.05) is 30.0 Å². The third-order valence-electron chi connectivity index (χ3n) is 4.41. The largest absolute Gasteiger partial charge is 0.496 e. The molecule has 5 heteroatoms. The van der Waals surface area contributed by atoms with Crippen LogP contribution in [0.4, 0.5) is 0 Å². The summed E-state index contributed by atoms with van der Waals surface area (Å²) in [5, 5.41) is 0. The van der Waals surface area contributed by atoms with E-state index in [1.54, 1.807) is 7.11 Å². The molecule has 2 rings (SSSR count). The Balaban J connectivity index is 2.06. The van der Waals surface area contributed by atoms with Gasteiger partial charge in [0.15, 0.2) is 0 Å². The molecule has 1 unspecified atom stereocenters. The van der Waals surface area contributed by atoms with Gasteiger partial charge in [-0.1, -0.05) is 12.1 Å². The molecule has 0 aliphatic carbocycles. The van der Waals surface area contributed by atoms with Crippen molar-refractivity contribution in [3.8, 4) is 5.75 Å². The van der Waals surface area contributed by atoms with Gasteiger partial charge in [-0.3, -0.25) is 9.59 Å². The third kappa shape index (κ3) is 4.47. The number of methoxy groups -OCH3 is 2. The minimum atomic E-state index is -0.258. The number of carbonyl (C=O) groups excluding carboxylic acids is 2. The monoisotopic (exact) mass is 319 g/mol. The van der Waals surface area contributed by atoms with Crippen molar-refractivity contribution in [2.45, 2.75) is 45.1 Å². The highest BCUT2D eigenvalue weighted by atomic mass is 16.5. The lowest BCUT2D eigenvalue weighted by atomic mass is 9.98. The van der Waals surface area contributed by atoms with E-state index in [2.05, 4.69) is 0 Å². The van der Waals surface area contributed by atoms with E-state index >= 15 is 0 Å². The molecule has 1 aromatic rings. The van der Waals surface area contributed by atoms with Gasteiger partial charge in [0.25, 0.3) is 0 Å². The summed E-state index contributed by atoms with van der Waals surface area (Å²) >= 11 is 0. The van der Waals surface area contributed by atoms with Crippen LogP contribution in [0.2, 0.25) is 0 Å². The Hall–Kier alpha value is -2.04. The number of aryl methyl sites for hydroxylation is 1. The minimum absolute atomic E-state index is 0.0453. The number of amides is 1. The van der Waals surface area contributed by atoms with Gasteiger partial charge < -0.3 is 14.4 Å². The third-order valence-corrected chi connectivity index (χ3v) is 4.41. The highest BCUT2D eigenvalue weighted by Crippen LogP contribution is 2.23. The number of piperidine rings is 1. The van der Waals surface area contributed by atoms with Crippen LogP contribution in [-0.4, -0.2) is 43.6 Å². The van der Waals surface area contributed by atoms with Gasteiger partial charge >= 0.3 is 5.97 Å². The van der Waals surface area contributed by atoms with Crippen LogP contribution >= 0.6 is 0 Å². The molecule has 1 aliphatic heterocycles. The number of esters is 1. The molecular formula is C18H25NO4. The molecule has 1 fully saturated rings. The highest BCUT2D eigenvalue weighted by molar-refractivity contribution is 5.80. The Bertz CT molecular complexity index is 570. The van der Waals surface area contributed by atoms with Crippen LogP contribution in [0.1, 0.15) is 36.8 Å². The number of rotatable bonds is 5. The maximum atomic E-state index is 12.7. The standard InChI is InChI=1S/C18H25NO4/c1-13-7-8-14(10-16(13)22-2)11-17(20)19-9-5-4-6-15(19)12-18(21)23-3/h7-8,10,15H,4-6,9,11-12H2,1-3H3. The lowest BCUT2D eigenvalue weighted by Gasteiger charge is -2.35. The molecule has 1 aliphatic rings. The Morgan fingerprint density at radius 2 is 2.04 bits per heavy atom. The first-order valence-corrected chi connectivity index (χ1v) is 8.05. The molecule has 1 heterocycles. The molecule has 0 aromatic heterocycles. The maximum Gasteiger partial charge on any atom is 0.307 e. The summed E-state index contributed by atoms with van der Waals surface area (Å²) < 4.78 is 10.1. The average molecular weight is 319 g/mol. The normalized spacial score (nSPS) is 17.7. The van der Waals surface area contributed by atoms with Crippen LogP contribution in [0, 0.1) is 6.92 Å². The van der Waals surface area contributed by atoms with E-state index < -0.39 is 0 Å². The number of likely N-dealkylation sites (tertiary alicyclic amines) is 1. The minimum Gasteiger partial charge on any atom is -0.496 e. The fourth-order valence-electron chi connectivity index (χ4n) is 3.07. The number of ether oxygens (including phenoxy) is 2. The highest BCUT2D eigenvalue weighted by Gasteiger charge is 2.28. The van der Waals surface area contributed by atoms with E-state index in [0.717, 1.165) is 36.1 Å². The molecule has 0 bridgehead atoms. The van der Waals surface area contributed by atoms with E-state index in [9.17, 15) is 9.59 Å². The number of benzene rings is 1. The van der Waals surface area contributed by atoms with Crippen molar-refractivity contribution in [1.29, 1.82) is 0 Å². The molecule has 1 atom stereocenters.